The van der Waals surface area contributed by atoms with Gasteiger partial charge in [0.05, 0.1) is 11.8 Å². The van der Waals surface area contributed by atoms with Gasteiger partial charge in [0.15, 0.2) is 0 Å². The monoisotopic (exact) mass is 322 g/mol. The van der Waals surface area contributed by atoms with E-state index in [1.54, 1.807) is 13.0 Å². The van der Waals surface area contributed by atoms with Gasteiger partial charge in [-0.15, -0.1) is 16.8 Å². The molecule has 1 unspecified atom stereocenters. The molecule has 1 N–H and O–H groups in total. The highest BCUT2D eigenvalue weighted by Gasteiger charge is 2.17. The molecule has 2 aromatic rings. The fraction of sp³-hybridized carbons (Fsp3) is 0.263. The average Bonchev–Trinajstić information content (AvgIpc) is 3.08. The molecule has 0 bridgehead atoms. The zero-order chi connectivity index (χ0) is 17.5. The Balaban J connectivity index is 2.38. The van der Waals surface area contributed by atoms with Gasteiger partial charge in [0.25, 0.3) is 5.89 Å². The predicted molar refractivity (Wildman–Crippen MR) is 97.7 cm³/mol. The summed E-state index contributed by atoms with van der Waals surface area (Å²) in [6, 6.07) is 9.29. The number of hydrogen-bond acceptors (Lipinski definition) is 5. The van der Waals surface area contributed by atoms with Gasteiger partial charge in [-0.25, -0.2) is 0 Å². The van der Waals surface area contributed by atoms with Crippen LogP contribution in [0.15, 0.2) is 64.0 Å². The molecule has 0 aliphatic rings. The number of rotatable bonds is 7. The van der Waals surface area contributed by atoms with Crippen LogP contribution in [-0.2, 0) is 0 Å². The molecule has 0 fully saturated rings. The lowest BCUT2D eigenvalue weighted by atomic mass is 10.1. The average molecular weight is 322 g/mol. The molecule has 1 heterocycles. The van der Waals surface area contributed by atoms with Crippen molar-refractivity contribution in [3.8, 4) is 11.5 Å². The zero-order valence-corrected chi connectivity index (χ0v) is 14.3. The Hall–Kier alpha value is -2.82. The molecule has 124 valence electrons. The van der Waals surface area contributed by atoms with Gasteiger partial charge in [0, 0.05) is 5.56 Å². The van der Waals surface area contributed by atoms with E-state index < -0.39 is 0 Å². The minimum atomic E-state index is -0.229. The van der Waals surface area contributed by atoms with E-state index in [4.69, 9.17) is 9.83 Å². The molecule has 0 aliphatic carbocycles. The zero-order valence-electron chi connectivity index (χ0n) is 14.3. The third kappa shape index (κ3) is 4.35. The van der Waals surface area contributed by atoms with Crippen molar-refractivity contribution >= 4 is 11.4 Å². The summed E-state index contributed by atoms with van der Waals surface area (Å²) in [4.78, 5) is 4.56. The van der Waals surface area contributed by atoms with Gasteiger partial charge < -0.3 is 9.83 Å². The van der Waals surface area contributed by atoms with Crippen LogP contribution in [0.2, 0.25) is 0 Å². The van der Waals surface area contributed by atoms with Crippen molar-refractivity contribution < 1.29 is 4.42 Å². The molecule has 24 heavy (non-hydrogen) atoms. The lowest BCUT2D eigenvalue weighted by molar-refractivity contribution is 0.559. The van der Waals surface area contributed by atoms with Crippen LogP contribution in [-0.4, -0.2) is 27.7 Å². The second-order valence-corrected chi connectivity index (χ2v) is 5.47. The fourth-order valence-electron chi connectivity index (χ4n) is 2.05. The van der Waals surface area contributed by atoms with Crippen molar-refractivity contribution in [2.24, 2.45) is 4.99 Å². The topological polar surface area (TPSA) is 75.1 Å². The van der Waals surface area contributed by atoms with Gasteiger partial charge in [-0.05, 0) is 32.4 Å². The van der Waals surface area contributed by atoms with E-state index >= 15 is 0 Å². The smallest absolute Gasteiger partial charge is 0.268 e. The predicted octanol–water partition coefficient (Wildman–Crippen LogP) is 4.48. The van der Waals surface area contributed by atoms with E-state index in [0.717, 1.165) is 12.0 Å². The van der Waals surface area contributed by atoms with E-state index in [1.165, 1.54) is 5.57 Å². The summed E-state index contributed by atoms with van der Waals surface area (Å²) < 4.78 is 5.72. The van der Waals surface area contributed by atoms with Crippen LogP contribution in [0.25, 0.3) is 11.5 Å². The molecule has 5 heteroatoms. The highest BCUT2D eigenvalue weighted by Crippen LogP contribution is 2.18. The summed E-state index contributed by atoms with van der Waals surface area (Å²) in [5, 5.41) is 16.1. The number of aliphatic imine (C=N–C) groups is 1. The van der Waals surface area contributed by atoms with Gasteiger partial charge in [0.2, 0.25) is 5.89 Å². The van der Waals surface area contributed by atoms with E-state index in [-0.39, 0.29) is 17.6 Å². The molecule has 0 saturated carbocycles. The summed E-state index contributed by atoms with van der Waals surface area (Å²) in [7, 11) is 0. The lowest BCUT2D eigenvalue weighted by Gasteiger charge is -2.06. The Labute approximate surface area is 142 Å². The minimum absolute atomic E-state index is 0.229. The van der Waals surface area contributed by atoms with Crippen LogP contribution in [0.4, 0.5) is 0 Å². The number of allylic oxidation sites excluding steroid dienone is 1. The molecule has 5 nitrogen and oxygen atoms in total. The third-order valence-corrected chi connectivity index (χ3v) is 3.54. The minimum Gasteiger partial charge on any atom is -0.415 e. The van der Waals surface area contributed by atoms with Crippen LogP contribution in [0.1, 0.15) is 33.1 Å². The summed E-state index contributed by atoms with van der Waals surface area (Å²) in [6.45, 7) is 9.60. The highest BCUT2D eigenvalue weighted by molar-refractivity contribution is 6.45. The first-order valence-electron chi connectivity index (χ1n) is 7.87. The van der Waals surface area contributed by atoms with Gasteiger partial charge in [-0.1, -0.05) is 42.8 Å². The quantitative estimate of drug-likeness (QED) is 0.603. The molecule has 1 aromatic carbocycles. The normalized spacial score (nSPS) is 13.6. The number of aromatic nitrogens is 2. The molecule has 0 aliphatic heterocycles. The SMILES string of the molecule is C=CC(C=C(C)CC)N=C(C(C)=N)c1nnc(-c2ccccc2)o1. The standard InChI is InChI=1S/C19H22N4O/c1-5-13(3)12-16(6-2)21-17(14(4)20)19-23-22-18(24-19)15-10-8-7-9-11-15/h6-12,16,20H,2,5H2,1,3-4H3. The Morgan fingerprint density at radius 1 is 1.29 bits per heavy atom. The molecule has 0 saturated heterocycles. The third-order valence-electron chi connectivity index (χ3n) is 3.54. The Morgan fingerprint density at radius 3 is 2.58 bits per heavy atom. The second-order valence-electron chi connectivity index (χ2n) is 5.47. The number of nitrogens with one attached hydrogen (secondary N) is 1. The number of nitrogens with zero attached hydrogens (tertiary/aromatic N) is 3. The highest BCUT2D eigenvalue weighted by atomic mass is 16.4. The largest absolute Gasteiger partial charge is 0.415 e. The summed E-state index contributed by atoms with van der Waals surface area (Å²) in [5.74, 6) is 0.658. The van der Waals surface area contributed by atoms with E-state index in [9.17, 15) is 0 Å². The first kappa shape index (κ1) is 17.5. The molecular formula is C19H22N4O. The maximum Gasteiger partial charge on any atom is 0.268 e. The summed E-state index contributed by atoms with van der Waals surface area (Å²) >= 11 is 0. The molecule has 0 amide bonds. The first-order valence-corrected chi connectivity index (χ1v) is 7.87. The van der Waals surface area contributed by atoms with Crippen molar-refractivity contribution in [3.05, 3.63) is 60.5 Å². The van der Waals surface area contributed by atoms with Crippen LogP contribution < -0.4 is 0 Å². The number of hydrogen-bond donors (Lipinski definition) is 1. The van der Waals surface area contributed by atoms with Crippen molar-refractivity contribution in [3.63, 3.8) is 0 Å². The van der Waals surface area contributed by atoms with E-state index in [0.29, 0.717) is 11.6 Å². The van der Waals surface area contributed by atoms with Crippen LogP contribution >= 0.6 is 0 Å². The molecule has 0 spiro atoms. The van der Waals surface area contributed by atoms with Crippen LogP contribution in [0, 0.1) is 5.41 Å². The van der Waals surface area contributed by atoms with Gasteiger partial charge in [-0.2, -0.15) is 0 Å². The molecule has 2 rings (SSSR count). The van der Waals surface area contributed by atoms with Crippen LogP contribution in [0.5, 0.6) is 0 Å². The van der Waals surface area contributed by atoms with Gasteiger partial charge in [0.1, 0.15) is 5.71 Å². The van der Waals surface area contributed by atoms with Crippen LogP contribution in [0.3, 0.4) is 0 Å². The maximum absolute atomic E-state index is 7.99. The lowest BCUT2D eigenvalue weighted by Crippen LogP contribution is -2.15. The fourth-order valence-corrected chi connectivity index (χ4v) is 2.05. The van der Waals surface area contributed by atoms with E-state index in [1.807, 2.05) is 43.3 Å². The van der Waals surface area contributed by atoms with Crippen molar-refractivity contribution in [1.82, 2.24) is 10.2 Å². The number of benzene rings is 1. The first-order chi connectivity index (χ1) is 11.5. The van der Waals surface area contributed by atoms with E-state index in [2.05, 4.69) is 28.7 Å². The summed E-state index contributed by atoms with van der Waals surface area (Å²) in [6.07, 6.45) is 4.69. The van der Waals surface area contributed by atoms with Crippen molar-refractivity contribution in [2.75, 3.05) is 0 Å². The van der Waals surface area contributed by atoms with Crippen molar-refractivity contribution in [1.29, 1.82) is 5.41 Å². The Kier molecular flexibility index (Phi) is 5.95. The van der Waals surface area contributed by atoms with Crippen molar-refractivity contribution in [2.45, 2.75) is 33.2 Å². The van der Waals surface area contributed by atoms with Gasteiger partial charge >= 0.3 is 0 Å². The molecule has 1 atom stereocenters. The Bertz CT molecular complexity index is 772. The molecule has 1 aromatic heterocycles. The second kappa shape index (κ2) is 8.15. The molecular weight excluding hydrogens is 300 g/mol. The maximum atomic E-state index is 7.99. The molecule has 0 radical (unpaired) electrons. The summed E-state index contributed by atoms with van der Waals surface area (Å²) in [5.41, 5.74) is 2.70. The Morgan fingerprint density at radius 2 is 2.00 bits per heavy atom. The van der Waals surface area contributed by atoms with Gasteiger partial charge in [-0.3, -0.25) is 4.99 Å².